The van der Waals surface area contributed by atoms with Gasteiger partial charge in [0.1, 0.15) is 10.6 Å². The maximum Gasteiger partial charge on any atom is 0.258 e. The number of nitrogens with zero attached hydrogens (tertiary/aromatic N) is 1. The van der Waals surface area contributed by atoms with E-state index in [4.69, 9.17) is 5.73 Å². The molecule has 1 heterocycles. The summed E-state index contributed by atoms with van der Waals surface area (Å²) in [5, 5.41) is 6.93. The monoisotopic (exact) mass is 284 g/mol. The molecule has 0 aliphatic carbocycles. The number of nitrogens with one attached hydrogen (secondary N) is 2. The minimum atomic E-state index is -0.166. The molecule has 0 saturated carbocycles. The average molecular weight is 284 g/mol. The Hall–Kier alpha value is -1.30. The van der Waals surface area contributed by atoms with Gasteiger partial charge >= 0.3 is 0 Å². The topological polar surface area (TPSA) is 80.0 Å². The first-order valence-corrected chi connectivity index (χ1v) is 7.41. The summed E-state index contributed by atoms with van der Waals surface area (Å²) in [4.78, 5) is 12.1. The molecule has 6 heteroatoms. The fraction of sp³-hybridized carbons (Fsp3) is 0.692. The van der Waals surface area contributed by atoms with E-state index in [9.17, 15) is 4.79 Å². The van der Waals surface area contributed by atoms with Gasteiger partial charge in [0.05, 0.1) is 0 Å². The largest absolute Gasteiger partial charge is 0.382 e. The van der Waals surface area contributed by atoms with Gasteiger partial charge in [-0.3, -0.25) is 4.79 Å². The van der Waals surface area contributed by atoms with E-state index in [1.807, 2.05) is 13.8 Å². The zero-order valence-corrected chi connectivity index (χ0v) is 13.1. The van der Waals surface area contributed by atoms with Gasteiger partial charge in [-0.15, -0.1) is 0 Å². The van der Waals surface area contributed by atoms with Gasteiger partial charge in [-0.1, -0.05) is 13.8 Å². The molecule has 0 saturated heterocycles. The van der Waals surface area contributed by atoms with Gasteiger partial charge < -0.3 is 16.4 Å². The van der Waals surface area contributed by atoms with Crippen LogP contribution in [0.25, 0.3) is 0 Å². The van der Waals surface area contributed by atoms with Crippen molar-refractivity contribution in [2.75, 3.05) is 11.1 Å². The smallest absolute Gasteiger partial charge is 0.258 e. The van der Waals surface area contributed by atoms with Gasteiger partial charge in [0, 0.05) is 12.1 Å². The molecule has 0 bridgehead atoms. The van der Waals surface area contributed by atoms with Crippen molar-refractivity contribution < 1.29 is 4.79 Å². The number of nitrogen functional groups attached to an aromatic ring is 1. The summed E-state index contributed by atoms with van der Waals surface area (Å²) in [6.45, 7) is 10.3. The van der Waals surface area contributed by atoms with Crippen LogP contribution in [0.5, 0.6) is 0 Å². The second-order valence-corrected chi connectivity index (χ2v) is 6.35. The summed E-state index contributed by atoms with van der Waals surface area (Å²) in [5.41, 5.74) is 6.26. The molecule has 19 heavy (non-hydrogen) atoms. The van der Waals surface area contributed by atoms with Crippen molar-refractivity contribution in [3.8, 4) is 0 Å². The van der Waals surface area contributed by atoms with Crippen molar-refractivity contribution >= 4 is 28.3 Å². The highest BCUT2D eigenvalue weighted by Crippen LogP contribution is 2.28. The summed E-state index contributed by atoms with van der Waals surface area (Å²) < 4.78 is 4.07. The molecule has 0 aliphatic heterocycles. The van der Waals surface area contributed by atoms with Crippen LogP contribution in [0.4, 0.5) is 10.8 Å². The van der Waals surface area contributed by atoms with Gasteiger partial charge in [0.25, 0.3) is 5.91 Å². The Kier molecular flexibility index (Phi) is 5.60. The third-order valence-electron chi connectivity index (χ3n) is 2.57. The fourth-order valence-electron chi connectivity index (χ4n) is 1.94. The Morgan fingerprint density at radius 1 is 1.32 bits per heavy atom. The highest BCUT2D eigenvalue weighted by atomic mass is 32.1. The third-order valence-corrected chi connectivity index (χ3v) is 3.36. The second-order valence-electron chi connectivity index (χ2n) is 5.58. The van der Waals surface area contributed by atoms with Crippen LogP contribution in [0.1, 0.15) is 51.4 Å². The molecule has 0 aliphatic rings. The fourth-order valence-corrected chi connectivity index (χ4v) is 2.77. The zero-order valence-electron chi connectivity index (χ0n) is 12.3. The van der Waals surface area contributed by atoms with Crippen molar-refractivity contribution in [2.24, 2.45) is 5.92 Å². The highest BCUT2D eigenvalue weighted by molar-refractivity contribution is 7.11. The van der Waals surface area contributed by atoms with Gasteiger partial charge in [0.15, 0.2) is 5.82 Å². The van der Waals surface area contributed by atoms with E-state index in [0.717, 1.165) is 11.4 Å². The van der Waals surface area contributed by atoms with Crippen LogP contribution in [0.3, 0.4) is 0 Å². The highest BCUT2D eigenvalue weighted by Gasteiger charge is 2.21. The van der Waals surface area contributed by atoms with E-state index in [1.54, 1.807) is 0 Å². The predicted molar refractivity (Wildman–Crippen MR) is 81.7 cm³/mol. The van der Waals surface area contributed by atoms with Crippen LogP contribution in [-0.2, 0) is 0 Å². The molecule has 1 atom stereocenters. The Morgan fingerprint density at radius 2 is 1.95 bits per heavy atom. The maximum absolute atomic E-state index is 12.1. The van der Waals surface area contributed by atoms with Crippen LogP contribution in [0.2, 0.25) is 0 Å². The molecule has 5 nitrogen and oxygen atoms in total. The molecule has 0 radical (unpaired) electrons. The van der Waals surface area contributed by atoms with E-state index in [-0.39, 0.29) is 18.0 Å². The van der Waals surface area contributed by atoms with Gasteiger partial charge in [-0.05, 0) is 44.6 Å². The SMILES string of the molecule is CC(C)CC(C)Nc1snc(N)c1C(=O)NC(C)C. The lowest BCUT2D eigenvalue weighted by molar-refractivity contribution is 0.0945. The lowest BCUT2D eigenvalue weighted by atomic mass is 10.1. The summed E-state index contributed by atoms with van der Waals surface area (Å²) in [6, 6.07) is 0.359. The quantitative estimate of drug-likeness (QED) is 0.750. The van der Waals surface area contributed by atoms with Gasteiger partial charge in [0.2, 0.25) is 0 Å². The van der Waals surface area contributed by atoms with Crippen molar-refractivity contribution in [3.05, 3.63) is 5.56 Å². The van der Waals surface area contributed by atoms with E-state index in [2.05, 4.69) is 35.8 Å². The van der Waals surface area contributed by atoms with E-state index in [1.165, 1.54) is 11.5 Å². The van der Waals surface area contributed by atoms with Crippen LogP contribution in [0, 0.1) is 5.92 Å². The number of hydrogen-bond donors (Lipinski definition) is 3. The Balaban J connectivity index is 2.82. The first kappa shape index (κ1) is 15.8. The van der Waals surface area contributed by atoms with Gasteiger partial charge in [-0.2, -0.15) is 4.37 Å². The molecule has 1 amide bonds. The molecule has 1 aromatic rings. The first-order valence-electron chi connectivity index (χ1n) is 6.63. The lowest BCUT2D eigenvalue weighted by Gasteiger charge is -2.17. The normalized spacial score (nSPS) is 12.8. The minimum Gasteiger partial charge on any atom is -0.382 e. The van der Waals surface area contributed by atoms with Crippen molar-refractivity contribution in [1.29, 1.82) is 0 Å². The number of hydrogen-bond acceptors (Lipinski definition) is 5. The van der Waals surface area contributed by atoms with Crippen molar-refractivity contribution in [2.45, 2.75) is 53.1 Å². The summed E-state index contributed by atoms with van der Waals surface area (Å²) >= 11 is 1.24. The number of nitrogens with two attached hydrogens (primary N) is 1. The predicted octanol–water partition coefficient (Wildman–Crippen LogP) is 2.71. The van der Waals surface area contributed by atoms with Crippen molar-refractivity contribution in [3.63, 3.8) is 0 Å². The minimum absolute atomic E-state index is 0.0766. The molecular formula is C13H24N4OS. The first-order chi connectivity index (χ1) is 8.81. The van der Waals surface area contributed by atoms with Crippen molar-refractivity contribution in [1.82, 2.24) is 9.69 Å². The van der Waals surface area contributed by atoms with Crippen LogP contribution in [0.15, 0.2) is 0 Å². The summed E-state index contributed by atoms with van der Waals surface area (Å²) in [7, 11) is 0. The number of amides is 1. The molecule has 108 valence electrons. The Labute approximate surface area is 119 Å². The van der Waals surface area contributed by atoms with Crippen LogP contribution >= 0.6 is 11.5 Å². The average Bonchev–Trinajstić information content (AvgIpc) is 2.57. The molecule has 1 rings (SSSR count). The number of aromatic nitrogens is 1. The second kappa shape index (κ2) is 6.75. The molecule has 1 aromatic heterocycles. The third kappa shape index (κ3) is 4.70. The molecule has 1 unspecified atom stereocenters. The Bertz CT molecular complexity index is 428. The maximum atomic E-state index is 12.1. The summed E-state index contributed by atoms with van der Waals surface area (Å²) in [5.74, 6) is 0.726. The number of carbonyl (C=O) groups excluding carboxylic acids is 1. The zero-order chi connectivity index (χ0) is 14.6. The van der Waals surface area contributed by atoms with E-state index in [0.29, 0.717) is 17.3 Å². The van der Waals surface area contributed by atoms with Crippen LogP contribution < -0.4 is 16.4 Å². The van der Waals surface area contributed by atoms with E-state index < -0.39 is 0 Å². The number of anilines is 2. The molecule has 0 fully saturated rings. The summed E-state index contributed by atoms with van der Waals surface area (Å²) in [6.07, 6.45) is 1.03. The number of carbonyl (C=O) groups is 1. The molecule has 0 spiro atoms. The van der Waals surface area contributed by atoms with Crippen LogP contribution in [-0.4, -0.2) is 22.4 Å². The molecule has 0 aromatic carbocycles. The Morgan fingerprint density at radius 3 is 2.47 bits per heavy atom. The lowest BCUT2D eigenvalue weighted by Crippen LogP contribution is -2.31. The molecular weight excluding hydrogens is 260 g/mol. The number of rotatable bonds is 6. The standard InChI is InChI=1S/C13H24N4OS/c1-7(2)6-9(5)16-13-10(11(14)17-19-13)12(18)15-8(3)4/h7-9,16H,6H2,1-5H3,(H2,14,17)(H,15,18). The van der Waals surface area contributed by atoms with Gasteiger partial charge in [-0.25, -0.2) is 0 Å². The molecule has 4 N–H and O–H groups in total. The van der Waals surface area contributed by atoms with E-state index >= 15 is 0 Å².